The van der Waals surface area contributed by atoms with Gasteiger partial charge in [0, 0.05) is 19.6 Å². The molecule has 0 aromatic rings. The number of phosphoric acid groups is 1. The molecular weight excluding hydrogens is 625 g/mol. The molecule has 2 atom stereocenters. The maximum Gasteiger partial charge on any atom is 0.472 e. The van der Waals surface area contributed by atoms with E-state index in [9.17, 15) is 14.3 Å². The van der Waals surface area contributed by atoms with Gasteiger partial charge in [-0.15, -0.1) is 0 Å². The Bertz CT molecular complexity index is 833. The van der Waals surface area contributed by atoms with E-state index in [0.29, 0.717) is 13.0 Å². The summed E-state index contributed by atoms with van der Waals surface area (Å²) in [5.74, 6) is -0.336. The van der Waals surface area contributed by atoms with Gasteiger partial charge in [-0.1, -0.05) is 153 Å². The third kappa shape index (κ3) is 36.0. The van der Waals surface area contributed by atoms with Crippen LogP contribution in [0.15, 0.2) is 36.5 Å². The average Bonchev–Trinajstić information content (AvgIpc) is 3.07. The molecule has 0 aromatic carbocycles. The number of rotatable bonds is 37. The molecule has 0 heterocycles. The first-order chi connectivity index (χ1) is 23.4. The number of phosphoric ester groups is 1. The number of hydrogen-bond acceptors (Lipinski definition) is 7. The number of carbonyl (C=O) groups excluding carboxylic acids is 1. The summed E-state index contributed by atoms with van der Waals surface area (Å²) in [4.78, 5) is 22.4. The van der Waals surface area contributed by atoms with E-state index >= 15 is 0 Å². The van der Waals surface area contributed by atoms with Crippen molar-refractivity contribution in [3.05, 3.63) is 36.5 Å². The number of hydrogen-bond donors (Lipinski definition) is 2. The quantitative estimate of drug-likeness (QED) is 0.0285. The van der Waals surface area contributed by atoms with Crippen LogP contribution in [-0.4, -0.2) is 49.9 Å². The summed E-state index contributed by atoms with van der Waals surface area (Å²) in [6.45, 7) is 4.78. The van der Waals surface area contributed by atoms with Crippen LogP contribution in [0.1, 0.15) is 168 Å². The van der Waals surface area contributed by atoms with Crippen LogP contribution in [0.5, 0.6) is 0 Å². The molecule has 0 bridgehead atoms. The minimum absolute atomic E-state index is 0.0977. The highest BCUT2D eigenvalue weighted by Gasteiger charge is 2.25. The highest BCUT2D eigenvalue weighted by molar-refractivity contribution is 7.47. The van der Waals surface area contributed by atoms with Gasteiger partial charge in [0.15, 0.2) is 0 Å². The molecule has 282 valence electrons. The first-order valence-corrected chi connectivity index (χ1v) is 21.0. The second-order valence-corrected chi connectivity index (χ2v) is 14.2. The molecule has 0 spiro atoms. The molecule has 0 aromatic heterocycles. The van der Waals surface area contributed by atoms with Gasteiger partial charge in [0.1, 0.15) is 6.10 Å². The maximum atomic E-state index is 12.5. The topological polar surface area (TPSA) is 117 Å². The van der Waals surface area contributed by atoms with Crippen molar-refractivity contribution in [3.63, 3.8) is 0 Å². The summed E-state index contributed by atoms with van der Waals surface area (Å²) in [7, 11) is -4.27. The number of esters is 1. The normalized spacial score (nSPS) is 14.0. The molecule has 0 radical (unpaired) electrons. The Balaban J connectivity index is 4.09. The van der Waals surface area contributed by atoms with Crippen molar-refractivity contribution in [2.75, 3.05) is 33.0 Å². The number of allylic oxidation sites excluding steroid dienone is 6. The van der Waals surface area contributed by atoms with E-state index in [1.165, 1.54) is 83.5 Å². The molecule has 0 fully saturated rings. The molecule has 3 N–H and O–H groups in total. The van der Waals surface area contributed by atoms with E-state index in [4.69, 9.17) is 24.3 Å². The van der Waals surface area contributed by atoms with Crippen LogP contribution in [-0.2, 0) is 27.9 Å². The minimum atomic E-state index is -4.27. The van der Waals surface area contributed by atoms with Gasteiger partial charge < -0.3 is 20.1 Å². The SMILES string of the molecule is CC/C=C\C/C=C\C/C=C\CCCCCCCCOCC(COP(=O)(O)OCCN)OC(=O)CCCCCCCCCCCCCCC. The molecule has 0 aliphatic carbocycles. The Hall–Kier alpha value is -1.28. The van der Waals surface area contributed by atoms with E-state index in [1.54, 1.807) is 0 Å². The van der Waals surface area contributed by atoms with Crippen LogP contribution in [0.4, 0.5) is 0 Å². The Morgan fingerprint density at radius 1 is 0.646 bits per heavy atom. The first-order valence-electron chi connectivity index (χ1n) is 19.5. The second kappa shape index (κ2) is 37.0. The zero-order valence-electron chi connectivity index (χ0n) is 31.0. The fourth-order valence-corrected chi connectivity index (χ4v) is 6.01. The number of nitrogens with two attached hydrogens (primary N) is 1. The molecular formula is C39H74NO7P. The van der Waals surface area contributed by atoms with Crippen molar-refractivity contribution in [1.29, 1.82) is 0 Å². The maximum absolute atomic E-state index is 12.5. The summed E-state index contributed by atoms with van der Waals surface area (Å²) in [6.07, 6.45) is 40.1. The van der Waals surface area contributed by atoms with Gasteiger partial charge in [-0.3, -0.25) is 13.8 Å². The van der Waals surface area contributed by atoms with Crippen LogP contribution in [0.25, 0.3) is 0 Å². The zero-order chi connectivity index (χ0) is 35.2. The first kappa shape index (κ1) is 46.7. The minimum Gasteiger partial charge on any atom is -0.457 e. The zero-order valence-corrected chi connectivity index (χ0v) is 31.9. The number of unbranched alkanes of at least 4 members (excludes halogenated alkanes) is 18. The predicted molar refractivity (Wildman–Crippen MR) is 201 cm³/mol. The molecule has 0 aliphatic rings. The number of carbonyl (C=O) groups is 1. The van der Waals surface area contributed by atoms with E-state index in [2.05, 4.69) is 50.3 Å². The fourth-order valence-electron chi connectivity index (χ4n) is 5.25. The Morgan fingerprint density at radius 2 is 1.17 bits per heavy atom. The third-order valence-corrected chi connectivity index (χ3v) is 9.06. The van der Waals surface area contributed by atoms with Crippen LogP contribution in [0.3, 0.4) is 0 Å². The summed E-state index contributed by atoms with van der Waals surface area (Å²) < 4.78 is 33.3. The lowest BCUT2D eigenvalue weighted by molar-refractivity contribution is -0.154. The molecule has 0 rings (SSSR count). The second-order valence-electron chi connectivity index (χ2n) is 12.8. The lowest BCUT2D eigenvalue weighted by Crippen LogP contribution is -2.28. The van der Waals surface area contributed by atoms with Gasteiger partial charge in [-0.05, 0) is 44.9 Å². The highest BCUT2D eigenvalue weighted by atomic mass is 31.2. The van der Waals surface area contributed by atoms with Crippen molar-refractivity contribution in [2.24, 2.45) is 5.73 Å². The highest BCUT2D eigenvalue weighted by Crippen LogP contribution is 2.43. The standard InChI is InChI=1S/C39H74NO7P/c1-3-5-7-9-11-13-15-17-18-19-21-23-25-27-29-31-34-44-36-38(37-46-48(42,43)45-35-33-40)47-39(41)32-30-28-26-24-22-20-16-14-12-10-8-6-4-2/h5,7,11,13,17-18,38H,3-4,6,8-10,12,14-16,19-37,40H2,1-2H3,(H,42,43)/b7-5-,13-11-,18-17-. The van der Waals surface area contributed by atoms with Gasteiger partial charge in [0.2, 0.25) is 0 Å². The summed E-state index contributed by atoms with van der Waals surface area (Å²) in [5, 5.41) is 0. The van der Waals surface area contributed by atoms with Gasteiger partial charge in [-0.25, -0.2) is 4.57 Å². The van der Waals surface area contributed by atoms with Crippen LogP contribution in [0.2, 0.25) is 0 Å². The van der Waals surface area contributed by atoms with Gasteiger partial charge >= 0.3 is 13.8 Å². The molecule has 0 amide bonds. The Kier molecular flexibility index (Phi) is 36.0. The summed E-state index contributed by atoms with van der Waals surface area (Å²) in [5.41, 5.74) is 5.35. The molecule has 9 heteroatoms. The molecule has 0 saturated carbocycles. The van der Waals surface area contributed by atoms with Crippen molar-refractivity contribution >= 4 is 13.8 Å². The van der Waals surface area contributed by atoms with E-state index in [0.717, 1.165) is 64.2 Å². The third-order valence-electron chi connectivity index (χ3n) is 8.07. The van der Waals surface area contributed by atoms with Gasteiger partial charge in [0.25, 0.3) is 0 Å². The fraction of sp³-hybridized carbons (Fsp3) is 0.821. The largest absolute Gasteiger partial charge is 0.472 e. The van der Waals surface area contributed by atoms with Crippen molar-refractivity contribution < 1.29 is 32.8 Å². The smallest absolute Gasteiger partial charge is 0.457 e. The van der Waals surface area contributed by atoms with Crippen molar-refractivity contribution in [1.82, 2.24) is 0 Å². The molecule has 8 nitrogen and oxygen atoms in total. The molecule has 48 heavy (non-hydrogen) atoms. The summed E-state index contributed by atoms with van der Waals surface area (Å²) in [6, 6.07) is 0. The molecule has 0 aliphatic heterocycles. The Morgan fingerprint density at radius 3 is 1.75 bits per heavy atom. The average molecular weight is 700 g/mol. The predicted octanol–water partition coefficient (Wildman–Crippen LogP) is 11.1. The van der Waals surface area contributed by atoms with Crippen LogP contribution >= 0.6 is 7.82 Å². The van der Waals surface area contributed by atoms with E-state index in [1.807, 2.05) is 0 Å². The van der Waals surface area contributed by atoms with E-state index in [-0.39, 0.29) is 32.3 Å². The lowest BCUT2D eigenvalue weighted by Gasteiger charge is -2.20. The van der Waals surface area contributed by atoms with Crippen molar-refractivity contribution in [2.45, 2.75) is 174 Å². The van der Waals surface area contributed by atoms with E-state index < -0.39 is 13.9 Å². The Labute approximate surface area is 295 Å². The van der Waals surface area contributed by atoms with Crippen LogP contribution in [0, 0.1) is 0 Å². The van der Waals surface area contributed by atoms with Crippen LogP contribution < -0.4 is 5.73 Å². The van der Waals surface area contributed by atoms with Gasteiger partial charge in [-0.2, -0.15) is 0 Å². The monoisotopic (exact) mass is 700 g/mol. The lowest BCUT2D eigenvalue weighted by atomic mass is 10.0. The van der Waals surface area contributed by atoms with Crippen molar-refractivity contribution in [3.8, 4) is 0 Å². The molecule has 2 unspecified atom stereocenters. The van der Waals surface area contributed by atoms with Gasteiger partial charge in [0.05, 0.1) is 19.8 Å². The number of ether oxygens (including phenoxy) is 2. The summed E-state index contributed by atoms with van der Waals surface area (Å²) >= 11 is 0. The molecule has 0 saturated heterocycles.